The highest BCUT2D eigenvalue weighted by Crippen LogP contribution is 2.31. The third-order valence-corrected chi connectivity index (χ3v) is 2.70. The summed E-state index contributed by atoms with van der Waals surface area (Å²) < 4.78 is 41.3. The van der Waals surface area contributed by atoms with Crippen LogP contribution in [0.4, 0.5) is 13.2 Å². The number of carboxylic acid groups (broad SMARTS) is 1. The molecule has 1 rings (SSSR count). The Balaban J connectivity index is 2.32. The molecule has 1 N–H and O–H groups in total. The van der Waals surface area contributed by atoms with Gasteiger partial charge in [-0.05, 0) is 25.2 Å². The predicted octanol–water partition coefficient (Wildman–Crippen LogP) is 2.60. The first kappa shape index (κ1) is 13.3. The Morgan fingerprint density at radius 3 is 2.69 bits per heavy atom. The van der Waals surface area contributed by atoms with Gasteiger partial charge in [0.25, 0.3) is 0 Å². The van der Waals surface area contributed by atoms with E-state index in [1.165, 1.54) is 0 Å². The summed E-state index contributed by atoms with van der Waals surface area (Å²) in [4.78, 5) is 10.3. The second-order valence-corrected chi connectivity index (χ2v) is 4.13. The Bertz CT molecular complexity index is 240. The molecular formula is C10H15F3O3. The highest BCUT2D eigenvalue weighted by molar-refractivity contribution is 5.66. The molecule has 2 atom stereocenters. The van der Waals surface area contributed by atoms with Gasteiger partial charge in [0, 0.05) is 13.0 Å². The third kappa shape index (κ3) is 5.34. The fourth-order valence-electron chi connectivity index (χ4n) is 1.95. The highest BCUT2D eigenvalue weighted by atomic mass is 19.4. The molecule has 0 saturated carbocycles. The van der Waals surface area contributed by atoms with Gasteiger partial charge >= 0.3 is 12.1 Å². The van der Waals surface area contributed by atoms with Crippen LogP contribution in [-0.2, 0) is 9.53 Å². The summed E-state index contributed by atoms with van der Waals surface area (Å²) in [5.74, 6) is -0.865. The molecule has 1 aliphatic heterocycles. The minimum Gasteiger partial charge on any atom is -0.481 e. The number of ether oxygens (including phenoxy) is 1. The van der Waals surface area contributed by atoms with E-state index in [0.29, 0.717) is 25.9 Å². The molecule has 2 unspecified atom stereocenters. The van der Waals surface area contributed by atoms with Crippen molar-refractivity contribution in [3.05, 3.63) is 0 Å². The summed E-state index contributed by atoms with van der Waals surface area (Å²) in [5, 5.41) is 8.49. The second-order valence-electron chi connectivity index (χ2n) is 4.13. The van der Waals surface area contributed by atoms with Gasteiger partial charge in [-0.25, -0.2) is 0 Å². The fourth-order valence-corrected chi connectivity index (χ4v) is 1.95. The number of hydrogen-bond donors (Lipinski definition) is 1. The number of alkyl halides is 3. The van der Waals surface area contributed by atoms with E-state index in [1.54, 1.807) is 0 Å². The van der Waals surface area contributed by atoms with E-state index >= 15 is 0 Å². The molecule has 0 aromatic carbocycles. The second kappa shape index (κ2) is 5.52. The number of carbonyl (C=O) groups is 1. The standard InChI is InChI=1S/C10H15F3O3/c11-10(12,13)6-8-5-7(3-4-16-8)1-2-9(14)15/h7-8H,1-6H2,(H,14,15). The van der Waals surface area contributed by atoms with Gasteiger partial charge in [-0.15, -0.1) is 0 Å². The zero-order chi connectivity index (χ0) is 12.2. The summed E-state index contributed by atoms with van der Waals surface area (Å²) in [7, 11) is 0. The minimum atomic E-state index is -4.21. The SMILES string of the molecule is O=C(O)CCC1CCOC(CC(F)(F)F)C1. The Labute approximate surface area is 91.6 Å². The van der Waals surface area contributed by atoms with E-state index in [0.717, 1.165) is 0 Å². The molecule has 3 nitrogen and oxygen atoms in total. The molecule has 6 heteroatoms. The van der Waals surface area contributed by atoms with Crippen molar-refractivity contribution in [2.24, 2.45) is 5.92 Å². The van der Waals surface area contributed by atoms with Crippen molar-refractivity contribution in [2.45, 2.75) is 44.4 Å². The molecule has 0 aromatic rings. The molecule has 94 valence electrons. The number of rotatable bonds is 4. The van der Waals surface area contributed by atoms with Gasteiger partial charge in [0.2, 0.25) is 0 Å². The number of hydrogen-bond acceptors (Lipinski definition) is 2. The van der Waals surface area contributed by atoms with Gasteiger partial charge < -0.3 is 9.84 Å². The molecule has 0 aliphatic carbocycles. The van der Waals surface area contributed by atoms with Crippen LogP contribution in [0.25, 0.3) is 0 Å². The van der Waals surface area contributed by atoms with Gasteiger partial charge in [-0.3, -0.25) is 4.79 Å². The molecule has 1 fully saturated rings. The summed E-state index contributed by atoms with van der Waals surface area (Å²) in [6.07, 6.45) is -4.52. The summed E-state index contributed by atoms with van der Waals surface area (Å²) in [5.41, 5.74) is 0. The third-order valence-electron chi connectivity index (χ3n) is 2.70. The number of carboxylic acids is 1. The lowest BCUT2D eigenvalue weighted by atomic mass is 9.90. The van der Waals surface area contributed by atoms with Gasteiger partial charge in [-0.2, -0.15) is 13.2 Å². The smallest absolute Gasteiger partial charge is 0.391 e. The van der Waals surface area contributed by atoms with Crippen LogP contribution in [0.15, 0.2) is 0 Å². The van der Waals surface area contributed by atoms with Crippen molar-refractivity contribution in [3.63, 3.8) is 0 Å². The molecule has 0 spiro atoms. The number of aliphatic carboxylic acids is 1. The zero-order valence-corrected chi connectivity index (χ0v) is 8.79. The highest BCUT2D eigenvalue weighted by Gasteiger charge is 2.35. The van der Waals surface area contributed by atoms with E-state index in [1.807, 2.05) is 0 Å². The summed E-state index contributed by atoms with van der Waals surface area (Å²) >= 11 is 0. The van der Waals surface area contributed by atoms with Crippen LogP contribution < -0.4 is 0 Å². The topological polar surface area (TPSA) is 46.5 Å². The molecule has 0 aromatic heterocycles. The average Bonchev–Trinajstić information content (AvgIpc) is 2.12. The van der Waals surface area contributed by atoms with E-state index in [4.69, 9.17) is 9.84 Å². The predicted molar refractivity (Wildman–Crippen MR) is 50.0 cm³/mol. The van der Waals surface area contributed by atoms with Gasteiger partial charge in [0.15, 0.2) is 0 Å². The van der Waals surface area contributed by atoms with E-state index in [-0.39, 0.29) is 12.3 Å². The normalized spacial score (nSPS) is 26.7. The quantitative estimate of drug-likeness (QED) is 0.821. The van der Waals surface area contributed by atoms with Gasteiger partial charge in [0.1, 0.15) is 0 Å². The minimum absolute atomic E-state index is 0.0173. The average molecular weight is 240 g/mol. The monoisotopic (exact) mass is 240 g/mol. The molecule has 16 heavy (non-hydrogen) atoms. The maximum absolute atomic E-state index is 12.1. The van der Waals surface area contributed by atoms with Crippen LogP contribution in [0, 0.1) is 5.92 Å². The van der Waals surface area contributed by atoms with Gasteiger partial charge in [0.05, 0.1) is 12.5 Å². The summed E-state index contributed by atoms with van der Waals surface area (Å²) in [6.45, 7) is 0.297. The molecular weight excluding hydrogens is 225 g/mol. The summed E-state index contributed by atoms with van der Waals surface area (Å²) in [6, 6.07) is 0. The van der Waals surface area contributed by atoms with Crippen LogP contribution in [-0.4, -0.2) is 30.0 Å². The first-order chi connectivity index (χ1) is 7.37. The van der Waals surface area contributed by atoms with Crippen molar-refractivity contribution in [2.75, 3.05) is 6.61 Å². The van der Waals surface area contributed by atoms with Crippen LogP contribution in [0.3, 0.4) is 0 Å². The van der Waals surface area contributed by atoms with Crippen molar-refractivity contribution < 1.29 is 27.8 Å². The van der Waals surface area contributed by atoms with Crippen LogP contribution >= 0.6 is 0 Å². The van der Waals surface area contributed by atoms with Crippen molar-refractivity contribution in [1.29, 1.82) is 0 Å². The molecule has 0 bridgehead atoms. The van der Waals surface area contributed by atoms with E-state index in [9.17, 15) is 18.0 Å². The van der Waals surface area contributed by atoms with E-state index < -0.39 is 24.7 Å². The fraction of sp³-hybridized carbons (Fsp3) is 0.900. The lowest BCUT2D eigenvalue weighted by Crippen LogP contribution is -2.30. The molecule has 1 saturated heterocycles. The van der Waals surface area contributed by atoms with Crippen molar-refractivity contribution >= 4 is 5.97 Å². The number of halogens is 3. The lowest BCUT2D eigenvalue weighted by Gasteiger charge is -2.29. The largest absolute Gasteiger partial charge is 0.481 e. The van der Waals surface area contributed by atoms with Crippen molar-refractivity contribution in [1.82, 2.24) is 0 Å². The maximum Gasteiger partial charge on any atom is 0.391 e. The first-order valence-corrected chi connectivity index (χ1v) is 5.27. The molecule has 1 heterocycles. The van der Waals surface area contributed by atoms with Crippen LogP contribution in [0.1, 0.15) is 32.1 Å². The molecule has 0 radical (unpaired) electrons. The van der Waals surface area contributed by atoms with Crippen molar-refractivity contribution in [3.8, 4) is 0 Å². The molecule has 1 aliphatic rings. The Morgan fingerprint density at radius 1 is 1.44 bits per heavy atom. The first-order valence-electron chi connectivity index (χ1n) is 5.27. The Morgan fingerprint density at radius 2 is 2.12 bits per heavy atom. The van der Waals surface area contributed by atoms with E-state index in [2.05, 4.69) is 0 Å². The molecule has 0 amide bonds. The zero-order valence-electron chi connectivity index (χ0n) is 8.79. The van der Waals surface area contributed by atoms with Crippen LogP contribution in [0.2, 0.25) is 0 Å². The maximum atomic E-state index is 12.1. The lowest BCUT2D eigenvalue weighted by molar-refractivity contribution is -0.169. The Hall–Kier alpha value is -0.780. The Kier molecular flexibility index (Phi) is 4.58. The van der Waals surface area contributed by atoms with Crippen LogP contribution in [0.5, 0.6) is 0 Å². The van der Waals surface area contributed by atoms with Gasteiger partial charge in [-0.1, -0.05) is 0 Å².